The van der Waals surface area contributed by atoms with Gasteiger partial charge in [0.1, 0.15) is 6.04 Å². The Balaban J connectivity index is 1.84. The minimum Gasteiger partial charge on any atom is -0.480 e. The highest BCUT2D eigenvalue weighted by atomic mass is 16.4. The van der Waals surface area contributed by atoms with Gasteiger partial charge in [-0.1, -0.05) is 60.7 Å². The van der Waals surface area contributed by atoms with Crippen LogP contribution in [-0.2, 0) is 9.59 Å². The van der Waals surface area contributed by atoms with E-state index in [2.05, 4.69) is 0 Å². The van der Waals surface area contributed by atoms with Crippen LogP contribution in [0.2, 0.25) is 0 Å². The highest BCUT2D eigenvalue weighted by Gasteiger charge is 2.36. The molecule has 5 nitrogen and oxygen atoms in total. The molecule has 1 heterocycles. The molecule has 1 fully saturated rings. The Morgan fingerprint density at radius 1 is 1.00 bits per heavy atom. The van der Waals surface area contributed by atoms with E-state index in [1.807, 2.05) is 60.7 Å². The van der Waals surface area contributed by atoms with Crippen molar-refractivity contribution >= 4 is 11.9 Å². The number of benzene rings is 2. The van der Waals surface area contributed by atoms with E-state index < -0.39 is 18.1 Å². The van der Waals surface area contributed by atoms with E-state index in [0.717, 1.165) is 11.1 Å². The number of aliphatic hydroxyl groups is 1. The highest BCUT2D eigenvalue weighted by Crippen LogP contribution is 2.30. The molecule has 0 bridgehead atoms. The van der Waals surface area contributed by atoms with Crippen molar-refractivity contribution < 1.29 is 19.8 Å². The number of hydrogen-bond donors (Lipinski definition) is 2. The van der Waals surface area contributed by atoms with Gasteiger partial charge in [0.25, 0.3) is 0 Å². The first-order valence-electron chi connectivity index (χ1n) is 8.86. The molecule has 2 aromatic carbocycles. The van der Waals surface area contributed by atoms with Crippen molar-refractivity contribution in [3.8, 4) is 0 Å². The van der Waals surface area contributed by atoms with Crippen LogP contribution in [0.4, 0.5) is 0 Å². The molecule has 1 aliphatic rings. The molecule has 2 atom stereocenters. The van der Waals surface area contributed by atoms with Crippen LogP contribution >= 0.6 is 0 Å². The maximum atomic E-state index is 13.0. The largest absolute Gasteiger partial charge is 0.480 e. The summed E-state index contributed by atoms with van der Waals surface area (Å²) in [4.78, 5) is 25.9. The van der Waals surface area contributed by atoms with Crippen molar-refractivity contribution in [2.24, 2.45) is 0 Å². The minimum absolute atomic E-state index is 0.0857. The number of carbonyl (C=O) groups excluding carboxylic acids is 1. The number of carboxylic acid groups (broad SMARTS) is 1. The lowest BCUT2D eigenvalue weighted by Crippen LogP contribution is -2.51. The third-order valence-corrected chi connectivity index (χ3v) is 4.96. The Labute approximate surface area is 152 Å². The predicted molar refractivity (Wildman–Crippen MR) is 97.7 cm³/mol. The lowest BCUT2D eigenvalue weighted by atomic mass is 9.87. The van der Waals surface area contributed by atoms with Gasteiger partial charge in [-0.25, -0.2) is 4.79 Å². The molecule has 0 saturated carbocycles. The molecule has 0 aliphatic carbocycles. The third-order valence-electron chi connectivity index (χ3n) is 4.96. The number of nitrogens with zero attached hydrogens (tertiary/aromatic N) is 1. The fourth-order valence-corrected chi connectivity index (χ4v) is 3.57. The van der Waals surface area contributed by atoms with Crippen LogP contribution in [0.5, 0.6) is 0 Å². The smallest absolute Gasteiger partial charge is 0.326 e. The molecule has 1 saturated heterocycles. The molecule has 2 N–H and O–H groups in total. The zero-order valence-electron chi connectivity index (χ0n) is 14.5. The fourth-order valence-electron chi connectivity index (χ4n) is 3.57. The van der Waals surface area contributed by atoms with Crippen LogP contribution in [0.3, 0.4) is 0 Å². The monoisotopic (exact) mass is 353 g/mol. The van der Waals surface area contributed by atoms with E-state index in [9.17, 15) is 19.8 Å². The standard InChI is InChI=1S/C21H23NO4/c23-17-11-12-22(19(13-17)21(25)26)20(24)14-18(15-7-3-1-4-8-15)16-9-5-2-6-10-16/h1-10,17-19,23H,11-14H2,(H,25,26)/t17-,19+/m0/s1. The molecule has 5 heteroatoms. The maximum Gasteiger partial charge on any atom is 0.326 e. The van der Waals surface area contributed by atoms with Gasteiger partial charge in [0.2, 0.25) is 5.91 Å². The Hall–Kier alpha value is -2.66. The first-order chi connectivity index (χ1) is 12.6. The highest BCUT2D eigenvalue weighted by molar-refractivity contribution is 5.84. The summed E-state index contributed by atoms with van der Waals surface area (Å²) in [5, 5.41) is 19.2. The number of likely N-dealkylation sites (tertiary alicyclic amines) is 1. The summed E-state index contributed by atoms with van der Waals surface area (Å²) in [7, 11) is 0. The van der Waals surface area contributed by atoms with E-state index in [1.54, 1.807) is 0 Å². The lowest BCUT2D eigenvalue weighted by Gasteiger charge is -2.36. The maximum absolute atomic E-state index is 13.0. The summed E-state index contributed by atoms with van der Waals surface area (Å²) in [5.74, 6) is -1.39. The molecule has 0 unspecified atom stereocenters. The van der Waals surface area contributed by atoms with Gasteiger partial charge >= 0.3 is 5.97 Å². The number of amides is 1. The summed E-state index contributed by atoms with van der Waals surface area (Å²) in [5.41, 5.74) is 2.05. The molecule has 0 radical (unpaired) electrons. The Bertz CT molecular complexity index is 708. The molecular weight excluding hydrogens is 330 g/mol. The zero-order valence-corrected chi connectivity index (χ0v) is 14.5. The predicted octanol–water partition coefficient (Wildman–Crippen LogP) is 2.65. The number of aliphatic hydroxyl groups excluding tert-OH is 1. The molecule has 1 amide bonds. The number of hydrogen-bond acceptors (Lipinski definition) is 3. The summed E-state index contributed by atoms with van der Waals surface area (Å²) in [6.07, 6.45) is 0.0342. The number of carbonyl (C=O) groups is 2. The van der Waals surface area contributed by atoms with Crippen LogP contribution in [0, 0.1) is 0 Å². The van der Waals surface area contributed by atoms with Crippen molar-refractivity contribution in [1.29, 1.82) is 0 Å². The van der Waals surface area contributed by atoms with Crippen molar-refractivity contribution in [2.45, 2.75) is 37.3 Å². The summed E-state index contributed by atoms with van der Waals surface area (Å²) < 4.78 is 0. The van der Waals surface area contributed by atoms with Crippen LogP contribution in [0.15, 0.2) is 60.7 Å². The van der Waals surface area contributed by atoms with Crippen molar-refractivity contribution in [3.63, 3.8) is 0 Å². The van der Waals surface area contributed by atoms with Gasteiger partial charge in [0.05, 0.1) is 6.10 Å². The lowest BCUT2D eigenvalue weighted by molar-refractivity contribution is -0.154. The van der Waals surface area contributed by atoms with E-state index >= 15 is 0 Å². The number of aliphatic carboxylic acids is 1. The quantitative estimate of drug-likeness (QED) is 0.866. The summed E-state index contributed by atoms with van der Waals surface area (Å²) in [6.45, 7) is 0.271. The third kappa shape index (κ3) is 4.11. The van der Waals surface area contributed by atoms with Gasteiger partial charge in [0.15, 0.2) is 0 Å². The van der Waals surface area contributed by atoms with Crippen LogP contribution in [-0.4, -0.2) is 45.7 Å². The van der Waals surface area contributed by atoms with E-state index in [1.165, 1.54) is 4.90 Å². The van der Waals surface area contributed by atoms with Gasteiger partial charge < -0.3 is 15.1 Å². The summed E-state index contributed by atoms with van der Waals surface area (Å²) >= 11 is 0. The van der Waals surface area contributed by atoms with Gasteiger partial charge in [-0.15, -0.1) is 0 Å². The van der Waals surface area contributed by atoms with E-state index in [-0.39, 0.29) is 31.2 Å². The molecular formula is C21H23NO4. The number of carboxylic acids is 1. The second-order valence-corrected chi connectivity index (χ2v) is 6.70. The number of piperidine rings is 1. The van der Waals surface area contributed by atoms with E-state index in [4.69, 9.17) is 0 Å². The Kier molecular flexibility index (Phi) is 5.68. The zero-order chi connectivity index (χ0) is 18.5. The average Bonchev–Trinajstić information content (AvgIpc) is 2.67. The molecule has 2 aromatic rings. The van der Waals surface area contributed by atoms with Crippen LogP contribution in [0.25, 0.3) is 0 Å². The topological polar surface area (TPSA) is 77.8 Å². The average molecular weight is 353 g/mol. The molecule has 136 valence electrons. The SMILES string of the molecule is O=C(O)[C@H]1C[C@@H](O)CCN1C(=O)CC(c1ccccc1)c1ccccc1. The first-order valence-corrected chi connectivity index (χ1v) is 8.86. The molecule has 0 spiro atoms. The van der Waals surface area contributed by atoms with Crippen LogP contribution < -0.4 is 0 Å². The van der Waals surface area contributed by atoms with Gasteiger partial charge in [-0.2, -0.15) is 0 Å². The Morgan fingerprint density at radius 3 is 2.04 bits per heavy atom. The normalized spacial score (nSPS) is 20.2. The van der Waals surface area contributed by atoms with Gasteiger partial charge in [0, 0.05) is 25.3 Å². The van der Waals surface area contributed by atoms with Crippen molar-refractivity contribution in [3.05, 3.63) is 71.8 Å². The van der Waals surface area contributed by atoms with Crippen molar-refractivity contribution in [1.82, 2.24) is 4.90 Å². The molecule has 3 rings (SSSR count). The second-order valence-electron chi connectivity index (χ2n) is 6.70. The van der Waals surface area contributed by atoms with Gasteiger partial charge in [-0.05, 0) is 17.5 Å². The number of rotatable bonds is 5. The first kappa shape index (κ1) is 18.1. The molecule has 26 heavy (non-hydrogen) atoms. The minimum atomic E-state index is -1.06. The second kappa shape index (κ2) is 8.15. The Morgan fingerprint density at radius 2 is 1.54 bits per heavy atom. The summed E-state index contributed by atoms with van der Waals surface area (Å²) in [6, 6.07) is 18.6. The molecule has 1 aliphatic heterocycles. The molecule has 0 aromatic heterocycles. The van der Waals surface area contributed by atoms with E-state index in [0.29, 0.717) is 6.42 Å². The van der Waals surface area contributed by atoms with Crippen molar-refractivity contribution in [2.75, 3.05) is 6.54 Å². The van der Waals surface area contributed by atoms with Gasteiger partial charge in [-0.3, -0.25) is 4.79 Å². The fraction of sp³-hybridized carbons (Fsp3) is 0.333. The van der Waals surface area contributed by atoms with Crippen LogP contribution in [0.1, 0.15) is 36.3 Å².